The molecule has 2 aliphatic rings. The van der Waals surface area contributed by atoms with E-state index in [1.807, 2.05) is 0 Å². The van der Waals surface area contributed by atoms with Crippen molar-refractivity contribution in [1.29, 1.82) is 0 Å². The van der Waals surface area contributed by atoms with E-state index in [9.17, 15) is 5.11 Å². The molecule has 2 unspecified atom stereocenters. The molecule has 2 atom stereocenters. The molecule has 1 aromatic rings. The first-order valence-electron chi connectivity index (χ1n) is 6.99. The SMILES string of the molecule is OCCC1CC(NC2CC2)CN(c2ccsc2)C1. The Morgan fingerprint density at radius 3 is 2.89 bits per heavy atom. The van der Waals surface area contributed by atoms with E-state index in [-0.39, 0.29) is 0 Å². The van der Waals surface area contributed by atoms with Crippen LogP contribution in [-0.4, -0.2) is 36.9 Å². The van der Waals surface area contributed by atoms with E-state index in [2.05, 4.69) is 27.0 Å². The molecule has 1 saturated heterocycles. The van der Waals surface area contributed by atoms with Gasteiger partial charge in [0.15, 0.2) is 0 Å². The van der Waals surface area contributed by atoms with Crippen molar-refractivity contribution in [2.45, 2.75) is 37.8 Å². The number of piperidine rings is 1. The topological polar surface area (TPSA) is 35.5 Å². The van der Waals surface area contributed by atoms with Crippen LogP contribution in [-0.2, 0) is 0 Å². The standard InChI is InChI=1S/C14H22N2OS/c17-5-3-11-7-13(15-12-1-2-12)9-16(8-11)14-4-6-18-10-14/h4,6,10-13,15,17H,1-3,5,7-9H2. The molecule has 0 radical (unpaired) electrons. The van der Waals surface area contributed by atoms with Gasteiger partial charge < -0.3 is 15.3 Å². The maximum Gasteiger partial charge on any atom is 0.0475 e. The summed E-state index contributed by atoms with van der Waals surface area (Å²) >= 11 is 1.76. The Balaban J connectivity index is 1.65. The molecule has 3 rings (SSSR count). The summed E-state index contributed by atoms with van der Waals surface area (Å²) in [7, 11) is 0. The first-order chi connectivity index (χ1) is 8.85. The van der Waals surface area contributed by atoms with Crippen molar-refractivity contribution in [3.8, 4) is 0 Å². The quantitative estimate of drug-likeness (QED) is 0.856. The number of anilines is 1. The molecule has 0 spiro atoms. The molecule has 1 saturated carbocycles. The van der Waals surface area contributed by atoms with Crippen molar-refractivity contribution in [3.63, 3.8) is 0 Å². The summed E-state index contributed by atoms with van der Waals surface area (Å²) in [6.45, 7) is 2.54. The van der Waals surface area contributed by atoms with Crippen LogP contribution in [0.25, 0.3) is 0 Å². The lowest BCUT2D eigenvalue weighted by Crippen LogP contribution is -2.50. The summed E-state index contributed by atoms with van der Waals surface area (Å²) in [5.74, 6) is 0.625. The zero-order valence-electron chi connectivity index (χ0n) is 10.7. The van der Waals surface area contributed by atoms with Crippen LogP contribution in [0.3, 0.4) is 0 Å². The largest absolute Gasteiger partial charge is 0.396 e. The Bertz CT molecular complexity index is 364. The van der Waals surface area contributed by atoms with Gasteiger partial charge in [0.1, 0.15) is 0 Å². The Morgan fingerprint density at radius 1 is 1.33 bits per heavy atom. The minimum atomic E-state index is 0.318. The Labute approximate surface area is 113 Å². The number of nitrogens with one attached hydrogen (secondary N) is 1. The molecule has 100 valence electrons. The van der Waals surface area contributed by atoms with E-state index >= 15 is 0 Å². The molecule has 0 amide bonds. The summed E-state index contributed by atoms with van der Waals surface area (Å²) < 4.78 is 0. The number of aliphatic hydroxyl groups is 1. The number of hydrogen-bond acceptors (Lipinski definition) is 4. The van der Waals surface area contributed by atoms with E-state index in [1.54, 1.807) is 11.3 Å². The number of thiophene rings is 1. The van der Waals surface area contributed by atoms with Crippen LogP contribution in [0.1, 0.15) is 25.7 Å². The highest BCUT2D eigenvalue weighted by Crippen LogP contribution is 2.29. The molecular formula is C14H22N2OS. The summed E-state index contributed by atoms with van der Waals surface area (Å²) in [5, 5.41) is 17.3. The van der Waals surface area contributed by atoms with Crippen LogP contribution < -0.4 is 10.2 Å². The summed E-state index contributed by atoms with van der Waals surface area (Å²) in [6.07, 6.45) is 4.85. The fourth-order valence-corrected chi connectivity index (χ4v) is 3.61. The molecule has 0 bridgehead atoms. The maximum atomic E-state index is 9.18. The second-order valence-corrected chi connectivity index (χ2v) is 6.42. The van der Waals surface area contributed by atoms with Gasteiger partial charge in [-0.15, -0.1) is 0 Å². The molecule has 1 aliphatic carbocycles. The highest BCUT2D eigenvalue weighted by Gasteiger charge is 2.31. The van der Waals surface area contributed by atoms with Gasteiger partial charge in [-0.1, -0.05) is 0 Å². The fraction of sp³-hybridized carbons (Fsp3) is 0.714. The van der Waals surface area contributed by atoms with Gasteiger partial charge >= 0.3 is 0 Å². The molecule has 2 heterocycles. The van der Waals surface area contributed by atoms with Crippen molar-refractivity contribution in [2.75, 3.05) is 24.6 Å². The number of aliphatic hydroxyl groups excluding tert-OH is 1. The van der Waals surface area contributed by atoms with Gasteiger partial charge in [-0.2, -0.15) is 11.3 Å². The zero-order chi connectivity index (χ0) is 12.4. The third kappa shape index (κ3) is 3.05. The molecule has 1 aromatic heterocycles. The minimum absolute atomic E-state index is 0.318. The average Bonchev–Trinajstić information content (AvgIpc) is 3.00. The third-order valence-electron chi connectivity index (χ3n) is 3.99. The molecular weight excluding hydrogens is 244 g/mol. The van der Waals surface area contributed by atoms with E-state index in [0.717, 1.165) is 25.6 Å². The van der Waals surface area contributed by atoms with Crippen molar-refractivity contribution >= 4 is 17.0 Å². The van der Waals surface area contributed by atoms with Gasteiger partial charge in [-0.3, -0.25) is 0 Å². The third-order valence-corrected chi connectivity index (χ3v) is 4.67. The first kappa shape index (κ1) is 12.5. The zero-order valence-corrected chi connectivity index (χ0v) is 11.5. The van der Waals surface area contributed by atoms with Crippen LogP contribution in [0, 0.1) is 5.92 Å². The van der Waals surface area contributed by atoms with Gasteiger partial charge in [0.05, 0.1) is 0 Å². The predicted molar refractivity (Wildman–Crippen MR) is 76.3 cm³/mol. The number of rotatable bonds is 5. The maximum absolute atomic E-state index is 9.18. The highest BCUT2D eigenvalue weighted by atomic mass is 32.1. The Hall–Kier alpha value is -0.580. The van der Waals surface area contributed by atoms with Crippen molar-refractivity contribution in [2.24, 2.45) is 5.92 Å². The minimum Gasteiger partial charge on any atom is -0.396 e. The summed E-state index contributed by atoms with van der Waals surface area (Å²) in [6, 6.07) is 3.58. The Kier molecular flexibility index (Phi) is 3.87. The highest BCUT2D eigenvalue weighted by molar-refractivity contribution is 7.08. The lowest BCUT2D eigenvalue weighted by molar-refractivity contribution is 0.230. The van der Waals surface area contributed by atoms with Gasteiger partial charge in [0.25, 0.3) is 0 Å². The Morgan fingerprint density at radius 2 is 2.22 bits per heavy atom. The van der Waals surface area contributed by atoms with Crippen LogP contribution in [0.2, 0.25) is 0 Å². The lowest BCUT2D eigenvalue weighted by Gasteiger charge is -2.39. The van der Waals surface area contributed by atoms with E-state index in [4.69, 9.17) is 0 Å². The normalized spacial score (nSPS) is 28.6. The van der Waals surface area contributed by atoms with Crippen molar-refractivity contribution in [1.82, 2.24) is 5.32 Å². The van der Waals surface area contributed by atoms with Crippen LogP contribution in [0.15, 0.2) is 16.8 Å². The van der Waals surface area contributed by atoms with Gasteiger partial charge in [-0.05, 0) is 43.0 Å². The monoisotopic (exact) mass is 266 g/mol. The van der Waals surface area contributed by atoms with Gasteiger partial charge in [0, 0.05) is 42.8 Å². The second-order valence-electron chi connectivity index (χ2n) is 5.64. The van der Waals surface area contributed by atoms with E-state index < -0.39 is 0 Å². The van der Waals surface area contributed by atoms with E-state index in [1.165, 1.54) is 24.9 Å². The smallest absolute Gasteiger partial charge is 0.0475 e. The molecule has 0 aromatic carbocycles. The summed E-state index contributed by atoms with van der Waals surface area (Å²) in [4.78, 5) is 2.49. The molecule has 2 fully saturated rings. The van der Waals surface area contributed by atoms with E-state index in [0.29, 0.717) is 18.6 Å². The average molecular weight is 266 g/mol. The molecule has 1 aliphatic heterocycles. The molecule has 2 N–H and O–H groups in total. The van der Waals surface area contributed by atoms with Crippen LogP contribution >= 0.6 is 11.3 Å². The predicted octanol–water partition coefficient (Wildman–Crippen LogP) is 2.08. The fourth-order valence-electron chi connectivity index (χ4n) is 2.95. The number of nitrogens with zero attached hydrogens (tertiary/aromatic N) is 1. The van der Waals surface area contributed by atoms with Crippen LogP contribution in [0.4, 0.5) is 5.69 Å². The first-order valence-corrected chi connectivity index (χ1v) is 7.93. The second kappa shape index (κ2) is 5.59. The molecule has 3 nitrogen and oxygen atoms in total. The molecule has 18 heavy (non-hydrogen) atoms. The number of hydrogen-bond donors (Lipinski definition) is 2. The van der Waals surface area contributed by atoms with Gasteiger partial charge in [-0.25, -0.2) is 0 Å². The lowest BCUT2D eigenvalue weighted by atomic mass is 9.91. The summed E-state index contributed by atoms with van der Waals surface area (Å²) in [5.41, 5.74) is 1.35. The van der Waals surface area contributed by atoms with Crippen molar-refractivity contribution in [3.05, 3.63) is 16.8 Å². The van der Waals surface area contributed by atoms with Crippen LogP contribution in [0.5, 0.6) is 0 Å². The van der Waals surface area contributed by atoms with Crippen molar-refractivity contribution < 1.29 is 5.11 Å². The molecule has 4 heteroatoms. The van der Waals surface area contributed by atoms with Gasteiger partial charge in [0.2, 0.25) is 0 Å².